The number of aromatic nitrogens is 3. The Bertz CT molecular complexity index is 959. The molecular weight excluding hydrogens is 384 g/mol. The van der Waals surface area contributed by atoms with Crippen molar-refractivity contribution in [2.75, 3.05) is 16.9 Å². The molecule has 0 unspecified atom stereocenters. The third-order valence-electron chi connectivity index (χ3n) is 3.18. The van der Waals surface area contributed by atoms with E-state index in [9.17, 15) is 14.9 Å². The summed E-state index contributed by atoms with van der Waals surface area (Å²) in [7, 11) is 0. The van der Waals surface area contributed by atoms with Crippen LogP contribution in [0.4, 0.5) is 11.4 Å². The molecule has 1 amide bonds. The van der Waals surface area contributed by atoms with Crippen molar-refractivity contribution >= 4 is 40.6 Å². The Labute approximate surface area is 155 Å². The van der Waals surface area contributed by atoms with Crippen molar-refractivity contribution in [1.29, 1.82) is 0 Å². The Morgan fingerprint density at radius 3 is 2.88 bits per heavy atom. The monoisotopic (exact) mass is 394 g/mol. The average molecular weight is 395 g/mol. The maximum atomic E-state index is 12.1. The summed E-state index contributed by atoms with van der Waals surface area (Å²) in [6.45, 7) is 0. The number of halogens is 1. The minimum absolute atomic E-state index is 0.0131. The summed E-state index contributed by atoms with van der Waals surface area (Å²) < 4.78 is 6.42. The van der Waals surface area contributed by atoms with E-state index in [4.69, 9.17) is 21.9 Å². The summed E-state index contributed by atoms with van der Waals surface area (Å²) in [5.74, 6) is 6.28. The van der Waals surface area contributed by atoms with Crippen molar-refractivity contribution in [1.82, 2.24) is 14.9 Å². The number of nitro benzene ring substituents is 1. The van der Waals surface area contributed by atoms with Gasteiger partial charge in [-0.2, -0.15) is 0 Å². The summed E-state index contributed by atoms with van der Waals surface area (Å²) in [4.78, 5) is 22.2. The zero-order valence-corrected chi connectivity index (χ0v) is 14.5. The van der Waals surface area contributed by atoms with Gasteiger partial charge in [-0.05, 0) is 18.2 Å². The molecule has 0 atom stereocenters. The first-order chi connectivity index (χ1) is 12.5. The molecule has 0 saturated heterocycles. The van der Waals surface area contributed by atoms with E-state index >= 15 is 0 Å². The van der Waals surface area contributed by atoms with Gasteiger partial charge in [-0.1, -0.05) is 23.4 Å². The lowest BCUT2D eigenvalue weighted by Crippen LogP contribution is -2.16. The number of nitrogens with two attached hydrogens (primary N) is 1. The van der Waals surface area contributed by atoms with Gasteiger partial charge in [0.15, 0.2) is 5.76 Å². The number of non-ortho nitro benzene ring substituents is 1. The predicted octanol–water partition coefficient (Wildman–Crippen LogP) is 2.54. The number of nitrogens with zero attached hydrogens (tertiary/aromatic N) is 4. The molecule has 2 aromatic heterocycles. The topological polar surface area (TPSA) is 142 Å². The first-order valence-corrected chi connectivity index (χ1v) is 8.43. The van der Waals surface area contributed by atoms with Gasteiger partial charge in [0.05, 0.1) is 27.6 Å². The maximum absolute atomic E-state index is 12.1. The van der Waals surface area contributed by atoms with E-state index in [1.165, 1.54) is 23.1 Å². The van der Waals surface area contributed by atoms with Crippen LogP contribution in [0.15, 0.2) is 46.2 Å². The van der Waals surface area contributed by atoms with Gasteiger partial charge in [0.2, 0.25) is 16.9 Å². The zero-order valence-electron chi connectivity index (χ0n) is 13.0. The lowest BCUT2D eigenvalue weighted by Gasteiger charge is -2.07. The molecule has 3 aromatic rings. The number of nitrogens with one attached hydrogen (secondary N) is 1. The summed E-state index contributed by atoms with van der Waals surface area (Å²) in [6, 6.07) is 7.16. The standard InChI is InChI=1S/C14H11ClN6O4S/c15-9-6-8(21(23)24)3-4-10(9)17-12(22)7-26-14-19-18-13(20(14)16)11-2-1-5-25-11/h1-6H,7,16H2,(H,17,22). The van der Waals surface area contributed by atoms with Crippen LogP contribution in [-0.4, -0.2) is 31.5 Å². The average Bonchev–Trinajstić information content (AvgIpc) is 3.24. The molecule has 0 saturated carbocycles. The van der Waals surface area contributed by atoms with Crippen molar-refractivity contribution in [2.45, 2.75) is 5.16 Å². The Balaban J connectivity index is 1.62. The van der Waals surface area contributed by atoms with Gasteiger partial charge in [-0.3, -0.25) is 14.9 Å². The van der Waals surface area contributed by atoms with E-state index in [1.807, 2.05) is 0 Å². The summed E-state index contributed by atoms with van der Waals surface area (Å²) in [5, 5.41) is 21.5. The van der Waals surface area contributed by atoms with Crippen molar-refractivity contribution in [3.8, 4) is 11.6 Å². The van der Waals surface area contributed by atoms with E-state index < -0.39 is 4.92 Å². The van der Waals surface area contributed by atoms with Gasteiger partial charge < -0.3 is 15.6 Å². The predicted molar refractivity (Wildman–Crippen MR) is 95.3 cm³/mol. The van der Waals surface area contributed by atoms with Gasteiger partial charge in [0.25, 0.3) is 5.69 Å². The number of benzene rings is 1. The van der Waals surface area contributed by atoms with Crippen LogP contribution in [0.5, 0.6) is 0 Å². The second-order valence-corrected chi connectivity index (χ2v) is 6.26. The van der Waals surface area contributed by atoms with E-state index in [0.29, 0.717) is 16.7 Å². The van der Waals surface area contributed by atoms with Gasteiger partial charge in [0.1, 0.15) is 0 Å². The van der Waals surface area contributed by atoms with Gasteiger partial charge in [-0.15, -0.1) is 10.2 Å². The minimum Gasteiger partial charge on any atom is -0.461 e. The number of nitrogen functional groups attached to an aromatic ring is 1. The number of furan rings is 1. The van der Waals surface area contributed by atoms with Crippen molar-refractivity contribution in [2.24, 2.45) is 0 Å². The smallest absolute Gasteiger partial charge is 0.271 e. The highest BCUT2D eigenvalue weighted by Gasteiger charge is 2.16. The second-order valence-electron chi connectivity index (χ2n) is 4.91. The van der Waals surface area contributed by atoms with Crippen LogP contribution in [0.1, 0.15) is 0 Å². The molecule has 26 heavy (non-hydrogen) atoms. The minimum atomic E-state index is -0.571. The highest BCUT2D eigenvalue weighted by molar-refractivity contribution is 7.99. The fourth-order valence-corrected chi connectivity index (χ4v) is 2.86. The number of amides is 1. The van der Waals surface area contributed by atoms with Gasteiger partial charge >= 0.3 is 0 Å². The first kappa shape index (κ1) is 17.8. The summed E-state index contributed by atoms with van der Waals surface area (Å²) in [6.07, 6.45) is 1.48. The van der Waals surface area contributed by atoms with Gasteiger partial charge in [-0.25, -0.2) is 4.68 Å². The van der Waals surface area contributed by atoms with Crippen molar-refractivity contribution in [3.63, 3.8) is 0 Å². The molecule has 0 fully saturated rings. The Kier molecular flexibility index (Phi) is 5.09. The molecule has 0 aliphatic carbocycles. The highest BCUT2D eigenvalue weighted by Crippen LogP contribution is 2.27. The number of hydrogen-bond donors (Lipinski definition) is 2. The number of carbonyl (C=O) groups is 1. The van der Waals surface area contributed by atoms with E-state index in [0.717, 1.165) is 17.8 Å². The van der Waals surface area contributed by atoms with Crippen molar-refractivity contribution in [3.05, 3.63) is 51.7 Å². The van der Waals surface area contributed by atoms with Crippen LogP contribution in [0, 0.1) is 10.1 Å². The lowest BCUT2D eigenvalue weighted by atomic mass is 10.3. The quantitative estimate of drug-likeness (QED) is 0.281. The van der Waals surface area contributed by atoms with E-state index in [2.05, 4.69) is 15.5 Å². The first-order valence-electron chi connectivity index (χ1n) is 7.06. The fraction of sp³-hybridized carbons (Fsp3) is 0.0714. The lowest BCUT2D eigenvalue weighted by molar-refractivity contribution is -0.384. The van der Waals surface area contributed by atoms with Crippen LogP contribution in [0.3, 0.4) is 0 Å². The molecule has 0 aliphatic heterocycles. The van der Waals surface area contributed by atoms with Crippen LogP contribution in [0.25, 0.3) is 11.6 Å². The molecule has 2 heterocycles. The van der Waals surface area contributed by atoms with Crippen molar-refractivity contribution < 1.29 is 14.1 Å². The Hall–Kier alpha value is -3.05. The molecule has 3 rings (SSSR count). The van der Waals surface area contributed by atoms with E-state index in [-0.39, 0.29) is 28.1 Å². The molecule has 3 N–H and O–H groups in total. The fourth-order valence-electron chi connectivity index (χ4n) is 1.98. The third kappa shape index (κ3) is 3.78. The number of thioether (sulfide) groups is 1. The molecular formula is C14H11ClN6O4S. The molecule has 0 bridgehead atoms. The van der Waals surface area contributed by atoms with Crippen LogP contribution in [-0.2, 0) is 4.79 Å². The molecule has 0 radical (unpaired) electrons. The molecule has 10 nitrogen and oxygen atoms in total. The zero-order chi connectivity index (χ0) is 18.7. The molecule has 134 valence electrons. The molecule has 12 heteroatoms. The number of anilines is 1. The number of carbonyl (C=O) groups excluding carboxylic acids is 1. The maximum Gasteiger partial charge on any atom is 0.271 e. The third-order valence-corrected chi connectivity index (χ3v) is 4.43. The highest BCUT2D eigenvalue weighted by atomic mass is 35.5. The number of nitro groups is 1. The molecule has 1 aromatic carbocycles. The second kappa shape index (κ2) is 7.45. The van der Waals surface area contributed by atoms with Gasteiger partial charge in [0, 0.05) is 12.1 Å². The largest absolute Gasteiger partial charge is 0.461 e. The number of rotatable bonds is 6. The SMILES string of the molecule is Nn1c(SCC(=O)Nc2ccc([N+](=O)[O-])cc2Cl)nnc1-c1ccco1. The van der Waals surface area contributed by atoms with E-state index in [1.54, 1.807) is 12.1 Å². The Morgan fingerprint density at radius 1 is 1.42 bits per heavy atom. The van der Waals surface area contributed by atoms with Crippen LogP contribution < -0.4 is 11.2 Å². The summed E-state index contributed by atoms with van der Waals surface area (Å²) >= 11 is 7.00. The summed E-state index contributed by atoms with van der Waals surface area (Å²) in [5.41, 5.74) is 0.109. The molecule has 0 aliphatic rings. The Morgan fingerprint density at radius 2 is 2.23 bits per heavy atom. The van der Waals surface area contributed by atoms with Crippen LogP contribution in [0.2, 0.25) is 5.02 Å². The normalized spacial score (nSPS) is 10.7. The number of hydrogen-bond acceptors (Lipinski definition) is 8. The molecule has 0 spiro atoms. The van der Waals surface area contributed by atoms with Crippen LogP contribution >= 0.6 is 23.4 Å².